The fraction of sp³-hybridized carbons (Fsp3) is 0.400. The number of phenols is 1. The molecule has 3 aromatic carbocycles. The number of aliphatic hydroxyl groups excluding tert-OH is 1. The van der Waals surface area contributed by atoms with Crippen LogP contribution in [0.15, 0.2) is 54.6 Å². The van der Waals surface area contributed by atoms with Crippen molar-refractivity contribution in [2.45, 2.75) is 57.2 Å². The van der Waals surface area contributed by atoms with Gasteiger partial charge in [0.25, 0.3) is 17.5 Å². The number of hydrogen-bond donors (Lipinski definition) is 2. The van der Waals surface area contributed by atoms with Crippen molar-refractivity contribution in [3.63, 3.8) is 0 Å². The van der Waals surface area contributed by atoms with Crippen molar-refractivity contribution in [1.29, 1.82) is 0 Å². The minimum atomic E-state index is -0.631. The van der Waals surface area contributed by atoms with Crippen LogP contribution in [0.25, 0.3) is 0 Å². The van der Waals surface area contributed by atoms with Crippen molar-refractivity contribution in [2.75, 3.05) is 34.4 Å². The molecule has 0 radical (unpaired) electrons. The molecule has 256 valence electrons. The Morgan fingerprint density at radius 3 is 2.35 bits per heavy atom. The number of fused-ring (bicyclic) bond motifs is 2. The average Bonchev–Trinajstić information content (AvgIpc) is 3.78. The van der Waals surface area contributed by atoms with Gasteiger partial charge in [-0.2, -0.15) is 0 Å². The molecule has 0 saturated carbocycles. The van der Waals surface area contributed by atoms with E-state index >= 15 is 0 Å². The van der Waals surface area contributed by atoms with Gasteiger partial charge in [0.2, 0.25) is 0 Å². The molecule has 3 aromatic rings. The zero-order valence-electron chi connectivity index (χ0n) is 27.3. The number of aryl methyl sites for hydroxylation is 1. The number of rotatable bonds is 8. The third-order valence-corrected chi connectivity index (χ3v) is 8.68. The Balaban J connectivity index is 0.000000223. The van der Waals surface area contributed by atoms with Gasteiger partial charge >= 0.3 is 0 Å². The molecule has 13 nitrogen and oxygen atoms in total. The van der Waals surface area contributed by atoms with E-state index in [1.54, 1.807) is 12.1 Å². The Kier molecular flexibility index (Phi) is 12.3. The average molecular weight is 664 g/mol. The Morgan fingerprint density at radius 1 is 0.979 bits per heavy atom. The molecule has 2 N–H and O–H groups in total. The normalized spacial score (nSPS) is 17.8. The first-order valence-corrected chi connectivity index (χ1v) is 15.7. The second-order valence-electron chi connectivity index (χ2n) is 11.4. The van der Waals surface area contributed by atoms with Crippen molar-refractivity contribution in [3.05, 3.63) is 87.0 Å². The maximum atomic E-state index is 12.9. The number of ether oxygens (including phenoxy) is 3. The van der Waals surface area contributed by atoms with Gasteiger partial charge in [-0.15, -0.1) is 0 Å². The van der Waals surface area contributed by atoms with E-state index in [-0.39, 0.29) is 41.0 Å². The van der Waals surface area contributed by atoms with Crippen molar-refractivity contribution >= 4 is 23.8 Å². The van der Waals surface area contributed by atoms with Gasteiger partial charge in [0.05, 0.1) is 31.3 Å². The minimum Gasteiger partial charge on any atom is -0.504 e. The van der Waals surface area contributed by atoms with Gasteiger partial charge in [-0.1, -0.05) is 30.3 Å². The Morgan fingerprint density at radius 2 is 1.69 bits per heavy atom. The molecule has 0 aliphatic carbocycles. The summed E-state index contributed by atoms with van der Waals surface area (Å²) < 4.78 is 16.1. The van der Waals surface area contributed by atoms with Gasteiger partial charge in [0, 0.05) is 37.9 Å². The highest BCUT2D eigenvalue weighted by Crippen LogP contribution is 2.37. The summed E-state index contributed by atoms with van der Waals surface area (Å²) in [5.41, 5.74) is 2.01. The van der Waals surface area contributed by atoms with Crippen LogP contribution in [0.1, 0.15) is 63.9 Å². The molecular weight excluding hydrogens is 622 g/mol. The van der Waals surface area contributed by atoms with Gasteiger partial charge in [0.15, 0.2) is 23.0 Å². The number of nitrogens with zero attached hydrogens (tertiary/aromatic N) is 3. The summed E-state index contributed by atoms with van der Waals surface area (Å²) in [6.45, 7) is 1.43. The molecule has 3 aliphatic rings. The lowest BCUT2D eigenvalue weighted by Crippen LogP contribution is -2.36. The highest BCUT2D eigenvalue weighted by molar-refractivity contribution is 6.00. The first-order chi connectivity index (χ1) is 23.2. The van der Waals surface area contributed by atoms with E-state index in [4.69, 9.17) is 19.3 Å². The van der Waals surface area contributed by atoms with Gasteiger partial charge in [0.1, 0.15) is 18.5 Å². The van der Waals surface area contributed by atoms with Crippen LogP contribution in [0.5, 0.6) is 23.0 Å². The van der Waals surface area contributed by atoms with Crippen molar-refractivity contribution in [2.24, 2.45) is 0 Å². The van der Waals surface area contributed by atoms with E-state index in [9.17, 15) is 29.6 Å². The number of aromatic hydroxyl groups is 1. The van der Waals surface area contributed by atoms with Crippen molar-refractivity contribution in [3.8, 4) is 23.0 Å². The Hall–Kier alpha value is -5.17. The van der Waals surface area contributed by atoms with E-state index in [0.717, 1.165) is 50.5 Å². The van der Waals surface area contributed by atoms with Gasteiger partial charge in [-0.25, -0.2) is 0 Å². The van der Waals surface area contributed by atoms with Crippen LogP contribution in [0, 0.1) is 10.1 Å². The SMILES string of the molecule is CO.COc1cc(C(=O)N2CCC[C@H]2C=O)c([N+](=O)[O-])cc1OCc1ccccc1.COc1cc2c(cc1O)CC[C@@H]1CCCN1C2=O. The summed E-state index contributed by atoms with van der Waals surface area (Å²) in [6.07, 6.45) is 5.97. The predicted molar refractivity (Wildman–Crippen MR) is 176 cm³/mol. The number of aliphatic hydroxyl groups is 1. The smallest absolute Gasteiger partial charge is 0.286 e. The third kappa shape index (κ3) is 7.85. The third-order valence-electron chi connectivity index (χ3n) is 8.68. The molecule has 3 heterocycles. The van der Waals surface area contributed by atoms with Crippen LogP contribution in [-0.2, 0) is 17.8 Å². The maximum absolute atomic E-state index is 12.9. The largest absolute Gasteiger partial charge is 0.504 e. The second-order valence-corrected chi connectivity index (χ2v) is 11.4. The summed E-state index contributed by atoms with van der Waals surface area (Å²) in [7, 11) is 3.90. The molecule has 0 unspecified atom stereocenters. The van der Waals surface area contributed by atoms with E-state index in [1.165, 1.54) is 31.3 Å². The zero-order chi connectivity index (χ0) is 34.8. The Bertz CT molecular complexity index is 1610. The number of phenolic OH excluding ortho intramolecular Hbond substituents is 1. The second kappa shape index (κ2) is 16.6. The van der Waals surface area contributed by atoms with Crippen molar-refractivity contribution in [1.82, 2.24) is 9.80 Å². The number of nitro groups is 1. The molecule has 48 heavy (non-hydrogen) atoms. The number of aldehydes is 1. The highest BCUT2D eigenvalue weighted by atomic mass is 16.6. The molecule has 13 heteroatoms. The fourth-order valence-corrected chi connectivity index (χ4v) is 6.28. The predicted octanol–water partition coefficient (Wildman–Crippen LogP) is 4.55. The van der Waals surface area contributed by atoms with Crippen LogP contribution < -0.4 is 14.2 Å². The van der Waals surface area contributed by atoms with Crippen LogP contribution >= 0.6 is 0 Å². The number of benzene rings is 3. The quantitative estimate of drug-likeness (QED) is 0.198. The van der Waals surface area contributed by atoms with Crippen LogP contribution in [0.4, 0.5) is 5.69 Å². The zero-order valence-corrected chi connectivity index (χ0v) is 27.3. The molecule has 3 aliphatic heterocycles. The molecule has 6 rings (SSSR count). The van der Waals surface area contributed by atoms with Gasteiger partial charge < -0.3 is 39.0 Å². The number of carbonyl (C=O) groups excluding carboxylic acids is 3. The molecule has 2 saturated heterocycles. The summed E-state index contributed by atoms with van der Waals surface area (Å²) in [5, 5.41) is 28.4. The first kappa shape index (κ1) is 35.7. The van der Waals surface area contributed by atoms with E-state index in [2.05, 4.69) is 0 Å². The van der Waals surface area contributed by atoms with Crippen molar-refractivity contribution < 1.29 is 43.7 Å². The highest BCUT2D eigenvalue weighted by Gasteiger charge is 2.35. The standard InChI is InChI=1S/C20H20N2O6.C14H17NO3.CH4O/c1-27-18-10-16(20(24)21-9-5-8-15(21)12-23)17(22(25)26)11-19(18)28-13-14-6-3-2-4-7-14;1-18-13-8-11-9(7-12(13)16)4-5-10-3-2-6-15(10)14(11)17;1-2/h2-4,6-7,10-12,15H,5,8-9,13H2,1H3;7-8,10,16H,2-6H2,1H3;2H,1H3/t15-;10-;/m00./s1. The first-order valence-electron chi connectivity index (χ1n) is 15.7. The number of amides is 2. The van der Waals surface area contributed by atoms with E-state index in [1.807, 2.05) is 35.2 Å². The molecule has 0 bridgehead atoms. The van der Waals surface area contributed by atoms with E-state index < -0.39 is 16.9 Å². The lowest BCUT2D eigenvalue weighted by molar-refractivity contribution is -0.385. The summed E-state index contributed by atoms with van der Waals surface area (Å²) in [6, 6.07) is 15.0. The number of carbonyl (C=O) groups is 3. The molecule has 2 fully saturated rings. The lowest BCUT2D eigenvalue weighted by atomic mass is 10.0. The minimum absolute atomic E-state index is 0.0864. The molecule has 2 atom stereocenters. The number of hydrogen-bond acceptors (Lipinski definition) is 10. The monoisotopic (exact) mass is 663 g/mol. The lowest BCUT2D eigenvalue weighted by Gasteiger charge is -2.22. The van der Waals surface area contributed by atoms with Crippen LogP contribution in [0.3, 0.4) is 0 Å². The summed E-state index contributed by atoms with van der Waals surface area (Å²) in [4.78, 5) is 50.8. The number of methoxy groups -OCH3 is 2. The molecular formula is C35H41N3O10. The molecule has 0 spiro atoms. The van der Waals surface area contributed by atoms with Gasteiger partial charge in [-0.3, -0.25) is 19.7 Å². The maximum Gasteiger partial charge on any atom is 0.286 e. The number of likely N-dealkylation sites (tertiary alicyclic amines) is 1. The van der Waals surface area contributed by atoms with Crippen LogP contribution in [-0.4, -0.2) is 89.5 Å². The summed E-state index contributed by atoms with van der Waals surface area (Å²) in [5.74, 6) is 0.401. The summed E-state index contributed by atoms with van der Waals surface area (Å²) >= 11 is 0. The molecule has 2 amide bonds. The van der Waals surface area contributed by atoms with Crippen LogP contribution in [0.2, 0.25) is 0 Å². The number of nitro benzene ring substituents is 1. The topological polar surface area (TPSA) is 169 Å². The Labute approximate surface area is 278 Å². The fourth-order valence-electron chi connectivity index (χ4n) is 6.28. The van der Waals surface area contributed by atoms with E-state index in [0.29, 0.717) is 43.0 Å². The molecule has 0 aromatic heterocycles. The van der Waals surface area contributed by atoms with Gasteiger partial charge in [-0.05, 0) is 61.8 Å².